The van der Waals surface area contributed by atoms with Crippen molar-refractivity contribution in [2.24, 2.45) is 10.4 Å². The van der Waals surface area contributed by atoms with Gasteiger partial charge in [-0.25, -0.2) is 27.3 Å². The molecule has 0 amide bonds. The summed E-state index contributed by atoms with van der Waals surface area (Å²) in [6.45, 7) is 4.38. The van der Waals surface area contributed by atoms with Crippen LogP contribution in [0.25, 0.3) is 0 Å². The smallest absolute Gasteiger partial charge is 0.338 e. The van der Waals surface area contributed by atoms with Crippen LogP contribution in [0.4, 0.5) is 17.6 Å². The van der Waals surface area contributed by atoms with Crippen LogP contribution >= 0.6 is 11.3 Å². The quantitative estimate of drug-likeness (QED) is 0.271. The molecule has 0 unspecified atom stereocenters. The van der Waals surface area contributed by atoms with Crippen molar-refractivity contribution >= 4 is 29.1 Å². The molecule has 0 bridgehead atoms. The van der Waals surface area contributed by atoms with Crippen LogP contribution in [0, 0.1) is 18.2 Å². The van der Waals surface area contributed by atoms with Crippen molar-refractivity contribution in [3.05, 3.63) is 63.0 Å². The van der Waals surface area contributed by atoms with Crippen molar-refractivity contribution in [3.8, 4) is 0 Å². The molecule has 1 aromatic heterocycles. The maximum absolute atomic E-state index is 15.6. The average Bonchev–Trinajstić information content (AvgIpc) is 3.69. The summed E-state index contributed by atoms with van der Waals surface area (Å²) < 4.78 is 66.3. The lowest BCUT2D eigenvalue weighted by molar-refractivity contribution is -0.190. The van der Waals surface area contributed by atoms with Crippen molar-refractivity contribution < 1.29 is 41.8 Å². The Balaban J connectivity index is 1.48. The van der Waals surface area contributed by atoms with Gasteiger partial charge in [0.05, 0.1) is 43.3 Å². The van der Waals surface area contributed by atoms with Crippen LogP contribution in [-0.4, -0.2) is 94.9 Å². The molecule has 0 saturated carbocycles. The largest absolute Gasteiger partial charge is 0.481 e. The number of halogens is 4. The predicted molar refractivity (Wildman–Crippen MR) is 157 cm³/mol. The Labute approximate surface area is 261 Å². The van der Waals surface area contributed by atoms with Crippen molar-refractivity contribution in [2.75, 3.05) is 32.8 Å². The number of hydroxylamine groups is 2. The Morgan fingerprint density at radius 3 is 2.76 bits per heavy atom. The van der Waals surface area contributed by atoms with Gasteiger partial charge in [0.15, 0.2) is 10.8 Å². The number of esters is 1. The number of alkyl halides is 3. The van der Waals surface area contributed by atoms with Crippen molar-refractivity contribution in [1.82, 2.24) is 20.3 Å². The molecular weight excluding hydrogens is 618 g/mol. The molecule has 15 heteroatoms. The summed E-state index contributed by atoms with van der Waals surface area (Å²) >= 11 is 1.28. The highest BCUT2D eigenvalue weighted by Gasteiger charge is 2.61. The van der Waals surface area contributed by atoms with Gasteiger partial charge in [-0.1, -0.05) is 12.1 Å². The van der Waals surface area contributed by atoms with Gasteiger partial charge in [-0.05, 0) is 51.3 Å². The first-order valence-corrected chi connectivity index (χ1v) is 15.4. The monoisotopic (exact) mass is 653 g/mol. The molecule has 4 atom stereocenters. The van der Waals surface area contributed by atoms with E-state index in [0.717, 1.165) is 5.06 Å². The van der Waals surface area contributed by atoms with Crippen molar-refractivity contribution in [2.45, 2.75) is 64.3 Å². The minimum Gasteiger partial charge on any atom is -0.481 e. The third kappa shape index (κ3) is 6.62. The molecule has 5 rings (SSSR count). The van der Waals surface area contributed by atoms with E-state index in [4.69, 9.17) is 14.6 Å². The fraction of sp³-hybridized carbons (Fsp3) is 0.533. The average molecular weight is 654 g/mol. The number of carbonyl (C=O) groups excluding carboxylic acids is 1. The minimum absolute atomic E-state index is 0.0336. The predicted octanol–water partition coefficient (Wildman–Crippen LogP) is 4.27. The van der Waals surface area contributed by atoms with E-state index in [-0.39, 0.29) is 48.8 Å². The number of hydrogen-bond donors (Lipinski definition) is 2. The second kappa shape index (κ2) is 12.8. The Morgan fingerprint density at radius 2 is 2.09 bits per heavy atom. The normalized spacial score (nSPS) is 24.3. The molecule has 2 fully saturated rings. The number of aliphatic imine (C=N–C) groups is 1. The van der Waals surface area contributed by atoms with Crippen LogP contribution in [0.15, 0.2) is 46.0 Å². The molecular formula is C30H35F4N5O5S. The molecule has 10 nitrogen and oxygen atoms in total. The van der Waals surface area contributed by atoms with E-state index < -0.39 is 66.5 Å². The third-order valence-electron chi connectivity index (χ3n) is 8.31. The first-order valence-electron chi connectivity index (χ1n) is 14.5. The third-order valence-corrected chi connectivity index (χ3v) is 9.09. The van der Waals surface area contributed by atoms with Gasteiger partial charge in [-0.2, -0.15) is 5.06 Å². The lowest BCUT2D eigenvalue weighted by Gasteiger charge is -2.31. The van der Waals surface area contributed by atoms with Crippen LogP contribution in [0.5, 0.6) is 0 Å². The maximum Gasteiger partial charge on any atom is 0.338 e. The van der Waals surface area contributed by atoms with Crippen molar-refractivity contribution in [3.63, 3.8) is 0 Å². The number of nitrogens with zero attached hydrogens (tertiary/aromatic N) is 4. The highest BCUT2D eigenvalue weighted by Crippen LogP contribution is 2.42. The minimum atomic E-state index is -3.33. The number of likely N-dealkylation sites (tertiary alicyclic amines) is 1. The number of benzene rings is 1. The van der Waals surface area contributed by atoms with Crippen LogP contribution < -0.4 is 5.32 Å². The van der Waals surface area contributed by atoms with Crippen LogP contribution in [0.2, 0.25) is 0 Å². The van der Waals surface area contributed by atoms with Crippen LogP contribution in [0.1, 0.15) is 49.4 Å². The number of aromatic nitrogens is 1. The second-order valence-electron chi connectivity index (χ2n) is 12.0. The first kappa shape index (κ1) is 33.0. The van der Waals surface area contributed by atoms with Gasteiger partial charge in [0.1, 0.15) is 24.1 Å². The topological polar surface area (TPSA) is 117 Å². The Hall–Kier alpha value is -3.40. The molecule has 45 heavy (non-hydrogen) atoms. The molecule has 3 aliphatic rings. The Bertz CT molecular complexity index is 1500. The lowest BCUT2D eigenvalue weighted by Crippen LogP contribution is -2.47. The zero-order chi connectivity index (χ0) is 32.7. The van der Waals surface area contributed by atoms with E-state index in [2.05, 4.69) is 10.3 Å². The molecule has 3 aliphatic heterocycles. The van der Waals surface area contributed by atoms with E-state index in [9.17, 15) is 23.5 Å². The molecule has 2 N–H and O–H groups in total. The van der Waals surface area contributed by atoms with Gasteiger partial charge in [0, 0.05) is 23.8 Å². The van der Waals surface area contributed by atoms with Crippen LogP contribution in [0.3, 0.4) is 0 Å². The maximum atomic E-state index is 15.6. The molecule has 0 spiro atoms. The number of carboxylic acids is 1. The number of rotatable bonds is 11. The molecule has 2 aromatic rings. The number of aliphatic carboxylic acids is 1. The molecule has 0 aliphatic carbocycles. The molecule has 4 heterocycles. The summed E-state index contributed by atoms with van der Waals surface area (Å²) in [7, 11) is 0. The fourth-order valence-electron chi connectivity index (χ4n) is 6.02. The summed E-state index contributed by atoms with van der Waals surface area (Å²) in [5.74, 6) is -5.46. The number of carboxylic acid groups (broad SMARTS) is 1. The van der Waals surface area contributed by atoms with Gasteiger partial charge in [-0.15, -0.1) is 11.3 Å². The molecule has 0 radical (unpaired) electrons. The van der Waals surface area contributed by atoms with E-state index in [0.29, 0.717) is 10.6 Å². The van der Waals surface area contributed by atoms with E-state index in [1.54, 1.807) is 31.5 Å². The summed E-state index contributed by atoms with van der Waals surface area (Å²) in [5, 5.41) is 15.6. The van der Waals surface area contributed by atoms with Gasteiger partial charge < -0.3 is 15.2 Å². The van der Waals surface area contributed by atoms with E-state index >= 15 is 8.78 Å². The van der Waals surface area contributed by atoms with Gasteiger partial charge in [-0.3, -0.25) is 19.5 Å². The zero-order valence-electron chi connectivity index (χ0n) is 25.2. The number of amidine groups is 1. The Morgan fingerprint density at radius 1 is 1.33 bits per heavy atom. The molecule has 1 aromatic carbocycles. The lowest BCUT2D eigenvalue weighted by atomic mass is 9.87. The Kier molecular flexibility index (Phi) is 9.36. The highest BCUT2D eigenvalue weighted by molar-refractivity contribution is 7.11. The first-order chi connectivity index (χ1) is 21.2. The standard InChI is InChI=1S/C30H35F4N5O5S/c1-5-43-27(40)22-20(36-25(26-35-9-10-45-26)37-23(22)18-7-6-8-19(32)16(18)2)13-38-15-30(33,34)24-21(38)14-44-39(24)12-17(31)11-29(3,4)28(41)42/h6-10,17,21,23-24H,5,11-15H2,1-4H3,(H,36,37)(H,41,42)/t17-,21-,23-,24+/m0/s1. The molecule has 2 saturated heterocycles. The SMILES string of the molecule is CCOC(=O)C1=C(CN2CC(F)(F)[C@H]3[C@@H]2CON3C[C@@H](F)CC(C)(C)C(=O)O)NC(c2nccs2)=N[C@H]1c1cccc(F)c1C. The summed E-state index contributed by atoms with van der Waals surface area (Å²) in [4.78, 5) is 41.0. The number of hydrogen-bond acceptors (Lipinski definition) is 10. The number of fused-ring (bicyclic) bond motifs is 1. The highest BCUT2D eigenvalue weighted by atomic mass is 32.1. The fourth-order valence-corrected chi connectivity index (χ4v) is 6.61. The second-order valence-corrected chi connectivity index (χ2v) is 12.9. The van der Waals surface area contributed by atoms with Gasteiger partial charge >= 0.3 is 11.9 Å². The number of ether oxygens (including phenoxy) is 1. The molecule has 244 valence electrons. The summed E-state index contributed by atoms with van der Waals surface area (Å²) in [6, 6.07) is 1.04. The van der Waals surface area contributed by atoms with Crippen LogP contribution in [-0.2, 0) is 19.2 Å². The van der Waals surface area contributed by atoms with Crippen molar-refractivity contribution in [1.29, 1.82) is 0 Å². The summed E-state index contributed by atoms with van der Waals surface area (Å²) in [6.07, 6.45) is -0.540. The summed E-state index contributed by atoms with van der Waals surface area (Å²) in [5.41, 5.74) is -0.424. The number of carbonyl (C=O) groups is 2. The number of thiazole rings is 1. The van der Waals surface area contributed by atoms with Gasteiger partial charge in [0.2, 0.25) is 0 Å². The number of nitrogens with one attached hydrogen (secondary N) is 1. The van der Waals surface area contributed by atoms with E-state index in [1.807, 2.05) is 0 Å². The van der Waals surface area contributed by atoms with E-state index in [1.165, 1.54) is 42.2 Å². The van der Waals surface area contributed by atoms with Gasteiger partial charge in [0.25, 0.3) is 5.92 Å². The zero-order valence-corrected chi connectivity index (χ0v) is 26.0.